The number of thiazole rings is 1. The van der Waals surface area contributed by atoms with Crippen molar-refractivity contribution in [2.24, 2.45) is 0 Å². The molecule has 0 atom stereocenters. The zero-order valence-corrected chi connectivity index (χ0v) is 12.9. The molecule has 0 saturated carbocycles. The first-order chi connectivity index (χ1) is 10.1. The van der Waals surface area contributed by atoms with Crippen LogP contribution in [0, 0.1) is 5.82 Å². The molecule has 0 bridgehead atoms. The van der Waals surface area contributed by atoms with Crippen molar-refractivity contribution in [1.82, 2.24) is 4.98 Å². The van der Waals surface area contributed by atoms with Gasteiger partial charge in [0.15, 0.2) is 10.8 Å². The van der Waals surface area contributed by atoms with Gasteiger partial charge in [0.05, 0.1) is 12.0 Å². The first kappa shape index (κ1) is 14.0. The number of hydrogen-bond donors (Lipinski definition) is 1. The van der Waals surface area contributed by atoms with Crippen LogP contribution in [0.15, 0.2) is 50.9 Å². The highest BCUT2D eigenvalue weighted by atomic mass is 79.9. The molecular formula is C14H8BrFN2O2S. The van der Waals surface area contributed by atoms with Crippen LogP contribution in [-0.2, 0) is 0 Å². The van der Waals surface area contributed by atoms with Crippen LogP contribution < -0.4 is 5.32 Å². The summed E-state index contributed by atoms with van der Waals surface area (Å²) >= 11 is 4.51. The molecule has 4 nitrogen and oxygen atoms in total. The summed E-state index contributed by atoms with van der Waals surface area (Å²) in [5.41, 5.74) is 0.761. The minimum absolute atomic E-state index is 0.280. The van der Waals surface area contributed by atoms with Crippen molar-refractivity contribution in [3.05, 3.63) is 58.0 Å². The van der Waals surface area contributed by atoms with Crippen molar-refractivity contribution >= 4 is 38.9 Å². The lowest BCUT2D eigenvalue weighted by Crippen LogP contribution is -2.12. The molecule has 1 N–H and O–H groups in total. The molecule has 0 spiro atoms. The van der Waals surface area contributed by atoms with Crippen LogP contribution in [0.1, 0.15) is 10.5 Å². The maximum Gasteiger partial charge on any atom is 0.275 e. The van der Waals surface area contributed by atoms with Crippen LogP contribution in [0.2, 0.25) is 0 Å². The lowest BCUT2D eigenvalue weighted by atomic mass is 10.3. The first-order valence-electron chi connectivity index (χ1n) is 5.89. The lowest BCUT2D eigenvalue weighted by molar-refractivity contribution is 0.102. The molecule has 2 aromatic heterocycles. The molecular weight excluding hydrogens is 359 g/mol. The number of benzene rings is 1. The Morgan fingerprint density at radius 1 is 1.38 bits per heavy atom. The molecule has 0 saturated heterocycles. The largest absolute Gasteiger partial charge is 0.462 e. The van der Waals surface area contributed by atoms with E-state index in [4.69, 9.17) is 4.42 Å². The zero-order valence-electron chi connectivity index (χ0n) is 10.5. The molecule has 0 radical (unpaired) electrons. The Kier molecular flexibility index (Phi) is 3.85. The third-order valence-electron chi connectivity index (χ3n) is 2.65. The van der Waals surface area contributed by atoms with Gasteiger partial charge in [0.2, 0.25) is 0 Å². The van der Waals surface area contributed by atoms with E-state index in [9.17, 15) is 9.18 Å². The summed E-state index contributed by atoms with van der Waals surface area (Å²) in [5, 5.41) is 4.94. The number of aromatic nitrogens is 1. The summed E-state index contributed by atoms with van der Waals surface area (Å²) < 4.78 is 18.7. The average Bonchev–Trinajstić information content (AvgIpc) is 3.10. The molecule has 7 heteroatoms. The average molecular weight is 367 g/mol. The van der Waals surface area contributed by atoms with Crippen LogP contribution in [0.5, 0.6) is 0 Å². The number of rotatable bonds is 3. The minimum Gasteiger partial charge on any atom is -0.462 e. The van der Waals surface area contributed by atoms with Gasteiger partial charge >= 0.3 is 0 Å². The van der Waals surface area contributed by atoms with E-state index in [1.54, 1.807) is 23.8 Å². The summed E-state index contributed by atoms with van der Waals surface area (Å²) in [6.45, 7) is 0. The van der Waals surface area contributed by atoms with Crippen molar-refractivity contribution in [3.63, 3.8) is 0 Å². The van der Waals surface area contributed by atoms with E-state index in [2.05, 4.69) is 26.2 Å². The monoisotopic (exact) mass is 366 g/mol. The second-order valence-corrected chi connectivity index (χ2v) is 5.81. The van der Waals surface area contributed by atoms with Crippen molar-refractivity contribution in [3.8, 4) is 10.8 Å². The fraction of sp³-hybridized carbons (Fsp3) is 0. The van der Waals surface area contributed by atoms with E-state index < -0.39 is 0 Å². The van der Waals surface area contributed by atoms with Gasteiger partial charge in [0, 0.05) is 9.85 Å². The van der Waals surface area contributed by atoms with E-state index in [0.717, 1.165) is 0 Å². The molecule has 0 unspecified atom stereocenters. The van der Waals surface area contributed by atoms with Gasteiger partial charge in [0.1, 0.15) is 11.5 Å². The summed E-state index contributed by atoms with van der Waals surface area (Å²) in [7, 11) is 0. The van der Waals surface area contributed by atoms with Gasteiger partial charge in [-0.2, -0.15) is 0 Å². The molecule has 106 valence electrons. The third-order valence-corrected chi connectivity index (χ3v) is 4.16. The van der Waals surface area contributed by atoms with E-state index in [-0.39, 0.29) is 17.4 Å². The quantitative estimate of drug-likeness (QED) is 0.739. The number of amides is 1. The maximum absolute atomic E-state index is 13.0. The second-order valence-electron chi connectivity index (χ2n) is 4.09. The number of carbonyl (C=O) groups is 1. The van der Waals surface area contributed by atoms with E-state index >= 15 is 0 Å². The zero-order chi connectivity index (χ0) is 14.8. The Morgan fingerprint density at radius 3 is 2.95 bits per heavy atom. The summed E-state index contributed by atoms with van der Waals surface area (Å²) in [6.07, 6.45) is 1.55. The molecule has 0 aliphatic carbocycles. The minimum atomic E-state index is -0.381. The molecule has 3 aromatic rings. The smallest absolute Gasteiger partial charge is 0.275 e. The van der Waals surface area contributed by atoms with Crippen molar-refractivity contribution in [1.29, 1.82) is 0 Å². The Hall–Kier alpha value is -1.99. The van der Waals surface area contributed by atoms with Crippen LogP contribution in [0.25, 0.3) is 10.8 Å². The van der Waals surface area contributed by atoms with Crippen molar-refractivity contribution in [2.45, 2.75) is 0 Å². The van der Waals surface area contributed by atoms with Gasteiger partial charge in [-0.3, -0.25) is 4.79 Å². The fourth-order valence-corrected chi connectivity index (χ4v) is 2.88. The van der Waals surface area contributed by atoms with Crippen LogP contribution >= 0.6 is 27.3 Å². The first-order valence-corrected chi connectivity index (χ1v) is 7.56. The highest BCUT2D eigenvalue weighted by Crippen LogP contribution is 2.26. The number of nitrogens with zero attached hydrogens (tertiary/aromatic N) is 1. The maximum atomic E-state index is 13.0. The van der Waals surface area contributed by atoms with Gasteiger partial charge in [-0.15, -0.1) is 11.3 Å². The summed E-state index contributed by atoms with van der Waals surface area (Å²) in [5.74, 6) is -0.132. The number of anilines is 1. The highest BCUT2D eigenvalue weighted by molar-refractivity contribution is 9.10. The molecule has 3 rings (SSSR count). The molecule has 1 aromatic carbocycles. The van der Waals surface area contributed by atoms with Gasteiger partial charge < -0.3 is 9.73 Å². The van der Waals surface area contributed by atoms with Crippen LogP contribution in [0.3, 0.4) is 0 Å². The number of halogens is 2. The van der Waals surface area contributed by atoms with Crippen LogP contribution in [-0.4, -0.2) is 10.9 Å². The van der Waals surface area contributed by atoms with E-state index in [1.807, 2.05) is 0 Å². The Morgan fingerprint density at radius 2 is 2.24 bits per heavy atom. The molecule has 0 fully saturated rings. The van der Waals surface area contributed by atoms with Gasteiger partial charge in [-0.1, -0.05) is 0 Å². The van der Waals surface area contributed by atoms with E-state index in [1.165, 1.54) is 29.5 Å². The lowest BCUT2D eigenvalue weighted by Gasteiger charge is -2.05. The Bertz CT molecular complexity index is 786. The fourth-order valence-electron chi connectivity index (χ4n) is 1.67. The second kappa shape index (κ2) is 5.79. The van der Waals surface area contributed by atoms with Crippen molar-refractivity contribution in [2.75, 3.05) is 5.32 Å². The predicted molar refractivity (Wildman–Crippen MR) is 81.9 cm³/mol. The van der Waals surface area contributed by atoms with E-state index in [0.29, 0.717) is 20.9 Å². The number of hydrogen-bond acceptors (Lipinski definition) is 4. The highest BCUT2D eigenvalue weighted by Gasteiger charge is 2.14. The van der Waals surface area contributed by atoms with Crippen LogP contribution in [0.4, 0.5) is 10.1 Å². The topological polar surface area (TPSA) is 55.1 Å². The summed E-state index contributed by atoms with van der Waals surface area (Å²) in [4.78, 5) is 16.3. The predicted octanol–water partition coefficient (Wildman–Crippen LogP) is 4.56. The number of nitrogens with one attached hydrogen (secondary N) is 1. The standard InChI is InChI=1S/C14H8BrFN2O2S/c15-9-6-8(16)3-4-10(9)17-13(19)11-7-21-14(18-11)12-2-1-5-20-12/h1-7H,(H,17,19). The number of carbonyl (C=O) groups excluding carboxylic acids is 1. The molecule has 0 aliphatic rings. The van der Waals surface area contributed by atoms with Crippen molar-refractivity contribution < 1.29 is 13.6 Å². The third kappa shape index (κ3) is 3.03. The molecule has 0 aliphatic heterocycles. The van der Waals surface area contributed by atoms with Gasteiger partial charge in [-0.05, 0) is 46.3 Å². The van der Waals surface area contributed by atoms with Gasteiger partial charge in [0.25, 0.3) is 5.91 Å². The van der Waals surface area contributed by atoms with Gasteiger partial charge in [-0.25, -0.2) is 9.37 Å². The molecule has 21 heavy (non-hydrogen) atoms. The Labute approximate surface area is 131 Å². The SMILES string of the molecule is O=C(Nc1ccc(F)cc1Br)c1csc(-c2ccco2)n1. The normalized spacial score (nSPS) is 10.6. The summed E-state index contributed by atoms with van der Waals surface area (Å²) in [6, 6.07) is 7.57. The Balaban J connectivity index is 1.79. The molecule has 2 heterocycles. The number of furan rings is 1. The molecule has 1 amide bonds.